The Bertz CT molecular complexity index is 697. The number of carbonyl (C=O) groups is 1. The van der Waals surface area contributed by atoms with E-state index in [-0.39, 0.29) is 11.7 Å². The van der Waals surface area contributed by atoms with Gasteiger partial charge in [0, 0.05) is 24.3 Å². The quantitative estimate of drug-likeness (QED) is 0.909. The average molecular weight is 284 g/mol. The zero-order valence-electron chi connectivity index (χ0n) is 11.9. The first kappa shape index (κ1) is 13.6. The molecule has 0 spiro atoms. The molecule has 2 N–H and O–H groups in total. The van der Waals surface area contributed by atoms with Gasteiger partial charge in [0.2, 0.25) is 0 Å². The molecule has 0 unspecified atom stereocenters. The topological polar surface area (TPSA) is 41.1 Å². The minimum absolute atomic E-state index is 0.146. The maximum Gasteiger partial charge on any atom is 0.251 e. The molecule has 0 aromatic heterocycles. The highest BCUT2D eigenvalue weighted by Gasteiger charge is 2.13. The van der Waals surface area contributed by atoms with Crippen LogP contribution in [-0.4, -0.2) is 12.5 Å². The van der Waals surface area contributed by atoms with E-state index in [2.05, 4.69) is 10.6 Å². The lowest BCUT2D eigenvalue weighted by atomic mass is 10.1. The molecule has 21 heavy (non-hydrogen) atoms. The fourth-order valence-corrected chi connectivity index (χ4v) is 2.46. The van der Waals surface area contributed by atoms with Crippen LogP contribution in [0, 0.1) is 12.7 Å². The van der Waals surface area contributed by atoms with Crippen molar-refractivity contribution in [3.05, 3.63) is 64.5 Å². The van der Waals surface area contributed by atoms with E-state index < -0.39 is 0 Å². The lowest BCUT2D eigenvalue weighted by molar-refractivity contribution is 0.0951. The summed E-state index contributed by atoms with van der Waals surface area (Å²) in [5.74, 6) is -0.393. The molecule has 0 radical (unpaired) electrons. The third-order valence-corrected chi connectivity index (χ3v) is 3.77. The van der Waals surface area contributed by atoms with Crippen molar-refractivity contribution in [3.63, 3.8) is 0 Å². The Kier molecular flexibility index (Phi) is 3.60. The molecule has 1 amide bonds. The first-order valence-corrected chi connectivity index (χ1v) is 7.03. The number of carbonyl (C=O) groups excluding carboxylic acids is 1. The van der Waals surface area contributed by atoms with E-state index in [1.807, 2.05) is 24.3 Å². The Hall–Kier alpha value is -2.36. The van der Waals surface area contributed by atoms with Crippen molar-refractivity contribution in [1.82, 2.24) is 5.32 Å². The predicted octanol–water partition coefficient (Wildman–Crippen LogP) is 3.03. The second-order valence-electron chi connectivity index (χ2n) is 5.31. The van der Waals surface area contributed by atoms with Gasteiger partial charge in [-0.3, -0.25) is 4.79 Å². The van der Waals surface area contributed by atoms with Crippen molar-refractivity contribution < 1.29 is 9.18 Å². The van der Waals surface area contributed by atoms with Crippen LogP contribution in [0.25, 0.3) is 0 Å². The molecule has 108 valence electrons. The van der Waals surface area contributed by atoms with E-state index in [1.165, 1.54) is 11.6 Å². The van der Waals surface area contributed by atoms with Gasteiger partial charge in [-0.2, -0.15) is 0 Å². The van der Waals surface area contributed by atoms with Gasteiger partial charge < -0.3 is 10.6 Å². The summed E-state index contributed by atoms with van der Waals surface area (Å²) < 4.78 is 13.5. The maximum absolute atomic E-state index is 13.5. The number of fused-ring (bicyclic) bond motifs is 1. The summed E-state index contributed by atoms with van der Waals surface area (Å²) in [4.78, 5) is 12.1. The molecule has 3 rings (SSSR count). The highest BCUT2D eigenvalue weighted by Crippen LogP contribution is 2.23. The summed E-state index contributed by atoms with van der Waals surface area (Å²) in [6.45, 7) is 2.96. The van der Waals surface area contributed by atoms with Gasteiger partial charge in [-0.05, 0) is 48.2 Å². The summed E-state index contributed by atoms with van der Waals surface area (Å²) in [5.41, 5.74) is 4.26. The molecule has 1 heterocycles. The number of hydrogen-bond acceptors (Lipinski definition) is 2. The number of benzene rings is 2. The van der Waals surface area contributed by atoms with Gasteiger partial charge >= 0.3 is 0 Å². The molecule has 1 aliphatic rings. The molecule has 2 aromatic rings. The summed E-state index contributed by atoms with van der Waals surface area (Å²) in [6, 6.07) is 10.7. The zero-order chi connectivity index (χ0) is 14.8. The third kappa shape index (κ3) is 2.89. The Labute approximate surface area is 123 Å². The largest absolute Gasteiger partial charge is 0.384 e. The smallest absolute Gasteiger partial charge is 0.251 e. The van der Waals surface area contributed by atoms with Crippen LogP contribution in [0.2, 0.25) is 0 Å². The van der Waals surface area contributed by atoms with Gasteiger partial charge in [-0.15, -0.1) is 0 Å². The lowest BCUT2D eigenvalue weighted by Gasteiger charge is -2.08. The molecular weight excluding hydrogens is 267 g/mol. The molecule has 3 nitrogen and oxygen atoms in total. The van der Waals surface area contributed by atoms with Crippen molar-refractivity contribution in [2.24, 2.45) is 0 Å². The van der Waals surface area contributed by atoms with Crippen LogP contribution in [-0.2, 0) is 13.0 Å². The van der Waals surface area contributed by atoms with Crippen LogP contribution in [0.1, 0.15) is 27.0 Å². The van der Waals surface area contributed by atoms with Crippen molar-refractivity contribution in [2.75, 3.05) is 11.9 Å². The van der Waals surface area contributed by atoms with Crippen LogP contribution in [0.3, 0.4) is 0 Å². The molecule has 0 fully saturated rings. The number of amides is 1. The molecule has 2 aromatic carbocycles. The minimum atomic E-state index is -0.247. The number of rotatable bonds is 3. The van der Waals surface area contributed by atoms with Gasteiger partial charge in [-0.25, -0.2) is 4.39 Å². The van der Waals surface area contributed by atoms with Gasteiger partial charge in [0.1, 0.15) is 5.82 Å². The molecule has 1 aliphatic heterocycles. The van der Waals surface area contributed by atoms with Crippen molar-refractivity contribution in [2.45, 2.75) is 19.9 Å². The Balaban J connectivity index is 1.67. The zero-order valence-corrected chi connectivity index (χ0v) is 11.9. The number of hydrogen-bond donors (Lipinski definition) is 2. The number of aryl methyl sites for hydroxylation is 1. The van der Waals surface area contributed by atoms with E-state index in [4.69, 9.17) is 0 Å². The predicted molar refractivity (Wildman–Crippen MR) is 80.9 cm³/mol. The highest BCUT2D eigenvalue weighted by molar-refractivity contribution is 5.95. The Morgan fingerprint density at radius 1 is 1.29 bits per heavy atom. The number of anilines is 1. The second-order valence-corrected chi connectivity index (χ2v) is 5.31. The Morgan fingerprint density at radius 2 is 2.14 bits per heavy atom. The summed E-state index contributed by atoms with van der Waals surface area (Å²) >= 11 is 0. The number of halogens is 1. The first-order chi connectivity index (χ1) is 10.1. The molecule has 0 aliphatic carbocycles. The molecule has 0 bridgehead atoms. The Morgan fingerprint density at radius 3 is 2.95 bits per heavy atom. The van der Waals surface area contributed by atoms with Gasteiger partial charge in [-0.1, -0.05) is 18.2 Å². The molecule has 0 saturated heterocycles. The van der Waals surface area contributed by atoms with Crippen molar-refractivity contribution in [1.29, 1.82) is 0 Å². The fourth-order valence-electron chi connectivity index (χ4n) is 2.46. The maximum atomic E-state index is 13.5. The molecule has 0 saturated carbocycles. The molecule has 4 heteroatoms. The fraction of sp³-hybridized carbons (Fsp3) is 0.235. The van der Waals surface area contributed by atoms with E-state index in [0.717, 1.165) is 24.2 Å². The van der Waals surface area contributed by atoms with Crippen molar-refractivity contribution in [3.8, 4) is 0 Å². The van der Waals surface area contributed by atoms with E-state index in [1.54, 1.807) is 13.0 Å². The van der Waals surface area contributed by atoms with E-state index >= 15 is 0 Å². The summed E-state index contributed by atoms with van der Waals surface area (Å²) in [5, 5.41) is 6.07. The monoisotopic (exact) mass is 284 g/mol. The third-order valence-electron chi connectivity index (χ3n) is 3.77. The van der Waals surface area contributed by atoms with Crippen LogP contribution in [0.4, 0.5) is 10.1 Å². The normalized spacial score (nSPS) is 12.7. The summed E-state index contributed by atoms with van der Waals surface area (Å²) in [6.07, 6.45) is 1.000. The van der Waals surface area contributed by atoms with Crippen LogP contribution in [0.15, 0.2) is 36.4 Å². The molecule has 0 atom stereocenters. The standard InChI is InChI=1S/C17H17FN2O/c1-11-2-3-12(8-15(11)18)10-20-17(21)14-5-4-13-6-7-19-16(13)9-14/h2-5,8-9,19H,6-7,10H2,1H3,(H,20,21). The van der Waals surface area contributed by atoms with Gasteiger partial charge in [0.15, 0.2) is 0 Å². The van der Waals surface area contributed by atoms with Crippen LogP contribution < -0.4 is 10.6 Å². The SMILES string of the molecule is Cc1ccc(CNC(=O)c2ccc3c(c2)NCC3)cc1F. The van der Waals surface area contributed by atoms with Crippen molar-refractivity contribution >= 4 is 11.6 Å². The van der Waals surface area contributed by atoms with Crippen LogP contribution >= 0.6 is 0 Å². The highest BCUT2D eigenvalue weighted by atomic mass is 19.1. The van der Waals surface area contributed by atoms with Gasteiger partial charge in [0.05, 0.1) is 0 Å². The van der Waals surface area contributed by atoms with E-state index in [9.17, 15) is 9.18 Å². The van der Waals surface area contributed by atoms with Gasteiger partial charge in [0.25, 0.3) is 5.91 Å². The average Bonchev–Trinajstić information content (AvgIpc) is 2.95. The summed E-state index contributed by atoms with van der Waals surface area (Å²) in [7, 11) is 0. The minimum Gasteiger partial charge on any atom is -0.384 e. The second kappa shape index (κ2) is 5.56. The number of nitrogens with one attached hydrogen (secondary N) is 2. The van der Waals surface area contributed by atoms with Crippen LogP contribution in [0.5, 0.6) is 0 Å². The molecular formula is C17H17FN2O. The first-order valence-electron chi connectivity index (χ1n) is 7.03. The lowest BCUT2D eigenvalue weighted by Crippen LogP contribution is -2.22. The van der Waals surface area contributed by atoms with E-state index in [0.29, 0.717) is 17.7 Å².